The third-order valence-corrected chi connectivity index (χ3v) is 20.1. The predicted octanol–water partition coefficient (Wildman–Crippen LogP) is 23.1. The van der Waals surface area contributed by atoms with E-state index in [-0.39, 0.29) is 25.7 Å². The van der Waals surface area contributed by atoms with Crippen LogP contribution in [0.1, 0.15) is 388 Å². The SMILES string of the molecule is CCCCCC/C=C\C=C/CCCCCCCC(=O)OC[C@H](COP(=O)(O)OC[C@@H](O)COP(=O)(O)OC[C@@H](COC(=O)CCCCCCCCCCCC)OC(=O)CCCCCCCCCCCCC(C)CC)OC(=O)CCCCCCCCCCCCCCCCCCC(C)C. The second kappa shape index (κ2) is 70.2. The van der Waals surface area contributed by atoms with Gasteiger partial charge in [-0.2, -0.15) is 0 Å². The van der Waals surface area contributed by atoms with E-state index in [1.165, 1.54) is 186 Å². The van der Waals surface area contributed by atoms with Crippen molar-refractivity contribution >= 4 is 39.5 Å². The van der Waals surface area contributed by atoms with Crippen LogP contribution in [0.5, 0.6) is 0 Å². The quantitative estimate of drug-likeness (QED) is 0.0169. The Labute approximate surface area is 599 Å². The second-order valence-corrected chi connectivity index (χ2v) is 31.4. The van der Waals surface area contributed by atoms with E-state index >= 15 is 0 Å². The number of phosphoric ester groups is 2. The van der Waals surface area contributed by atoms with Gasteiger partial charge in [-0.3, -0.25) is 37.3 Å². The molecular weight excluding hydrogens is 1280 g/mol. The van der Waals surface area contributed by atoms with E-state index in [1.54, 1.807) is 0 Å². The zero-order valence-electron chi connectivity index (χ0n) is 63.6. The normalized spacial score (nSPS) is 14.4. The summed E-state index contributed by atoms with van der Waals surface area (Å²) in [6.45, 7) is 9.60. The zero-order chi connectivity index (χ0) is 72.1. The Morgan fingerprint density at radius 3 is 0.918 bits per heavy atom. The number of unbranched alkanes of at least 4 members (excludes halogenated alkanes) is 42. The van der Waals surface area contributed by atoms with Crippen molar-refractivity contribution in [3.63, 3.8) is 0 Å². The van der Waals surface area contributed by atoms with Crippen LogP contribution in [0.2, 0.25) is 0 Å². The lowest BCUT2D eigenvalue weighted by atomic mass is 9.99. The van der Waals surface area contributed by atoms with Crippen molar-refractivity contribution in [2.24, 2.45) is 11.8 Å². The van der Waals surface area contributed by atoms with Gasteiger partial charge in [0.2, 0.25) is 0 Å². The number of carbonyl (C=O) groups is 4. The molecule has 0 amide bonds. The van der Waals surface area contributed by atoms with Crippen molar-refractivity contribution in [1.29, 1.82) is 0 Å². The van der Waals surface area contributed by atoms with Gasteiger partial charge in [0.15, 0.2) is 12.2 Å². The fourth-order valence-electron chi connectivity index (χ4n) is 11.6. The lowest BCUT2D eigenvalue weighted by Crippen LogP contribution is -2.30. The number of carbonyl (C=O) groups excluding carboxylic acids is 4. The van der Waals surface area contributed by atoms with Crippen LogP contribution in [0.25, 0.3) is 0 Å². The van der Waals surface area contributed by atoms with Crippen LogP contribution >= 0.6 is 15.6 Å². The van der Waals surface area contributed by atoms with E-state index in [0.717, 1.165) is 121 Å². The maximum atomic E-state index is 13.1. The molecule has 0 spiro atoms. The summed E-state index contributed by atoms with van der Waals surface area (Å²) >= 11 is 0. The summed E-state index contributed by atoms with van der Waals surface area (Å²) in [6.07, 6.45) is 61.7. The molecule has 0 saturated carbocycles. The van der Waals surface area contributed by atoms with Crippen molar-refractivity contribution < 1.29 is 80.2 Å². The number of phosphoric acid groups is 2. The first-order chi connectivity index (χ1) is 47.4. The molecule has 0 aromatic carbocycles. The number of hydrogen-bond donors (Lipinski definition) is 3. The molecule has 98 heavy (non-hydrogen) atoms. The molecule has 3 N–H and O–H groups in total. The molecule has 0 aromatic heterocycles. The highest BCUT2D eigenvalue weighted by atomic mass is 31.2. The van der Waals surface area contributed by atoms with Crippen molar-refractivity contribution in [2.75, 3.05) is 39.6 Å². The maximum Gasteiger partial charge on any atom is 0.472 e. The lowest BCUT2D eigenvalue weighted by molar-refractivity contribution is -0.161. The van der Waals surface area contributed by atoms with Gasteiger partial charge in [0.1, 0.15) is 19.3 Å². The molecule has 578 valence electrons. The zero-order valence-corrected chi connectivity index (χ0v) is 65.4. The number of allylic oxidation sites excluding steroid dienone is 4. The number of rotatable bonds is 76. The summed E-state index contributed by atoms with van der Waals surface area (Å²) < 4.78 is 68.6. The summed E-state index contributed by atoms with van der Waals surface area (Å²) in [5, 5.41) is 10.6. The fraction of sp³-hybridized carbons (Fsp3) is 0.899. The summed E-state index contributed by atoms with van der Waals surface area (Å²) in [4.78, 5) is 72.9. The monoisotopic (exact) mass is 1430 g/mol. The minimum atomic E-state index is -4.97. The molecule has 0 aliphatic carbocycles. The second-order valence-electron chi connectivity index (χ2n) is 28.5. The molecule has 0 fully saturated rings. The third kappa shape index (κ3) is 70.6. The summed E-state index contributed by atoms with van der Waals surface area (Å²) in [6, 6.07) is 0. The van der Waals surface area contributed by atoms with Gasteiger partial charge in [-0.05, 0) is 63.2 Å². The molecule has 0 bridgehead atoms. The number of aliphatic hydroxyl groups is 1. The molecular formula is C79H150O17P2. The summed E-state index contributed by atoms with van der Waals surface area (Å²) in [5.74, 6) is -0.533. The van der Waals surface area contributed by atoms with Crippen LogP contribution in [-0.2, 0) is 65.4 Å². The third-order valence-electron chi connectivity index (χ3n) is 18.2. The number of ether oxygens (including phenoxy) is 4. The van der Waals surface area contributed by atoms with Crippen molar-refractivity contribution in [1.82, 2.24) is 0 Å². The predicted molar refractivity (Wildman–Crippen MR) is 400 cm³/mol. The highest BCUT2D eigenvalue weighted by molar-refractivity contribution is 7.47. The van der Waals surface area contributed by atoms with Crippen molar-refractivity contribution in [3.8, 4) is 0 Å². The molecule has 0 saturated heterocycles. The first kappa shape index (κ1) is 95.5. The maximum absolute atomic E-state index is 13.1. The highest BCUT2D eigenvalue weighted by Gasteiger charge is 2.30. The molecule has 0 heterocycles. The minimum absolute atomic E-state index is 0.101. The van der Waals surface area contributed by atoms with Crippen molar-refractivity contribution in [3.05, 3.63) is 24.3 Å². The Hall–Kier alpha value is -2.46. The van der Waals surface area contributed by atoms with Crippen LogP contribution in [0.15, 0.2) is 24.3 Å². The van der Waals surface area contributed by atoms with E-state index in [4.69, 9.17) is 37.0 Å². The highest BCUT2D eigenvalue weighted by Crippen LogP contribution is 2.45. The van der Waals surface area contributed by atoms with E-state index < -0.39 is 97.5 Å². The average Bonchev–Trinajstić information content (AvgIpc) is 0.963. The Kier molecular flexibility index (Phi) is 68.5. The van der Waals surface area contributed by atoms with Crippen LogP contribution in [0.4, 0.5) is 0 Å². The van der Waals surface area contributed by atoms with E-state index in [0.29, 0.717) is 25.7 Å². The van der Waals surface area contributed by atoms with Crippen LogP contribution < -0.4 is 0 Å². The number of hydrogen-bond acceptors (Lipinski definition) is 15. The Morgan fingerprint density at radius 1 is 0.337 bits per heavy atom. The van der Waals surface area contributed by atoms with Gasteiger partial charge in [0.05, 0.1) is 26.4 Å². The van der Waals surface area contributed by atoms with Crippen LogP contribution in [-0.4, -0.2) is 96.7 Å². The Morgan fingerprint density at radius 2 is 0.602 bits per heavy atom. The van der Waals surface area contributed by atoms with E-state index in [1.807, 2.05) is 0 Å². The molecule has 19 heteroatoms. The fourth-order valence-corrected chi connectivity index (χ4v) is 13.2. The Bertz CT molecular complexity index is 1990. The molecule has 6 atom stereocenters. The van der Waals surface area contributed by atoms with Crippen molar-refractivity contribution in [2.45, 2.75) is 407 Å². The molecule has 0 aromatic rings. The van der Waals surface area contributed by atoms with Crippen LogP contribution in [0, 0.1) is 11.8 Å². The van der Waals surface area contributed by atoms with Gasteiger partial charge in [-0.1, -0.05) is 336 Å². The van der Waals surface area contributed by atoms with E-state index in [9.17, 15) is 43.2 Å². The van der Waals surface area contributed by atoms with Gasteiger partial charge in [-0.15, -0.1) is 0 Å². The molecule has 3 unspecified atom stereocenters. The molecule has 0 rings (SSSR count). The summed E-state index contributed by atoms with van der Waals surface area (Å²) in [7, 11) is -9.93. The smallest absolute Gasteiger partial charge is 0.462 e. The largest absolute Gasteiger partial charge is 0.472 e. The standard InChI is InChI=1S/C79H150O17P2/c1-7-10-12-14-16-18-20-21-24-28-31-38-44-50-56-62-77(82)90-68-75(95-78(83)63-57-51-45-39-32-29-26-23-22-25-27-30-35-41-47-53-59-71(4)5)70-94-98(87,88)92-66-73(80)65-91-97(85,86)93-69-74(67-89-76(81)61-55-49-43-37-19-17-15-13-11-8-2)96-79(84)64-58-52-46-40-34-33-36-42-48-54-60-72(6)9-3/h18,20-21,24,71-75,80H,7-17,19,22-23,25-70H2,1-6H3,(H,85,86)(H,87,88)/b20-18-,24-21-/t72?,73-,74+,75+/m0/s1. The molecule has 0 aliphatic heterocycles. The molecule has 0 radical (unpaired) electrons. The van der Waals surface area contributed by atoms with Crippen LogP contribution in [0.3, 0.4) is 0 Å². The number of aliphatic hydroxyl groups excluding tert-OH is 1. The van der Waals surface area contributed by atoms with Gasteiger partial charge >= 0.3 is 39.5 Å². The van der Waals surface area contributed by atoms with Gasteiger partial charge in [0.25, 0.3) is 0 Å². The molecule has 0 aliphatic rings. The van der Waals surface area contributed by atoms with Gasteiger partial charge in [0, 0.05) is 25.7 Å². The van der Waals surface area contributed by atoms with Gasteiger partial charge in [-0.25, -0.2) is 9.13 Å². The average molecular weight is 1430 g/mol. The van der Waals surface area contributed by atoms with E-state index in [2.05, 4.69) is 65.8 Å². The summed E-state index contributed by atoms with van der Waals surface area (Å²) in [5.41, 5.74) is 0. The molecule has 17 nitrogen and oxygen atoms in total. The van der Waals surface area contributed by atoms with Gasteiger partial charge < -0.3 is 33.8 Å². The first-order valence-corrected chi connectivity index (χ1v) is 43.3. The first-order valence-electron chi connectivity index (χ1n) is 40.3. The number of esters is 4. The topological polar surface area (TPSA) is 237 Å². The minimum Gasteiger partial charge on any atom is -0.462 e. The lowest BCUT2D eigenvalue weighted by Gasteiger charge is -2.21. The Balaban J connectivity index is 5.28.